The second-order valence-corrected chi connectivity index (χ2v) is 17.8. The van der Waals surface area contributed by atoms with Gasteiger partial charge in [-0.2, -0.15) is 0 Å². The van der Waals surface area contributed by atoms with E-state index < -0.39 is 75.2 Å². The summed E-state index contributed by atoms with van der Waals surface area (Å²) in [5.41, 5.74) is 0. The molecule has 57 heavy (non-hydrogen) atoms. The lowest BCUT2D eigenvalue weighted by Crippen LogP contribution is -2.64. The third-order valence-electron chi connectivity index (χ3n) is 11.1. The average Bonchev–Trinajstić information content (AvgIpc) is 3.18. The van der Waals surface area contributed by atoms with Crippen molar-refractivity contribution in [2.45, 2.75) is 249 Å². The van der Waals surface area contributed by atoms with E-state index in [9.17, 15) is 50.0 Å². The fourth-order valence-electron chi connectivity index (χ4n) is 7.36. The van der Waals surface area contributed by atoms with Crippen molar-refractivity contribution in [1.29, 1.82) is 0 Å². The summed E-state index contributed by atoms with van der Waals surface area (Å²) in [6, 6.07) is -1.15. The molecule has 0 aromatic heterocycles. The van der Waals surface area contributed by atoms with Crippen LogP contribution in [0.15, 0.2) is 12.2 Å². The molecule has 1 aliphatic carbocycles. The van der Waals surface area contributed by atoms with Gasteiger partial charge in [-0.1, -0.05) is 161 Å². The van der Waals surface area contributed by atoms with Gasteiger partial charge < -0.3 is 46.0 Å². The number of phosphoric acid groups is 1. The zero-order chi connectivity index (χ0) is 42.3. The third kappa shape index (κ3) is 26.1. The topological polar surface area (TPSA) is 226 Å². The normalized spacial score (nSPS) is 24.0. The van der Waals surface area contributed by atoms with Crippen LogP contribution in [-0.4, -0.2) is 108 Å². The number of amides is 1. The Kier molecular flexibility index (Phi) is 32.0. The molecule has 0 aromatic carbocycles. The summed E-state index contributed by atoms with van der Waals surface area (Å²) in [5, 5.41) is 74.5. The maximum absolute atomic E-state index is 13.0. The number of hydrogen-bond acceptors (Lipinski definition) is 11. The summed E-state index contributed by atoms with van der Waals surface area (Å²) in [7, 11) is -5.11. The molecule has 8 unspecified atom stereocenters. The van der Waals surface area contributed by atoms with Crippen LogP contribution < -0.4 is 5.32 Å². The van der Waals surface area contributed by atoms with Crippen molar-refractivity contribution in [2.24, 2.45) is 0 Å². The molecule has 1 amide bonds. The van der Waals surface area contributed by atoms with E-state index in [4.69, 9.17) is 9.05 Å². The van der Waals surface area contributed by atoms with Crippen LogP contribution in [0.5, 0.6) is 0 Å². The lowest BCUT2D eigenvalue weighted by Gasteiger charge is -2.41. The first kappa shape index (κ1) is 54.1. The SMILES string of the molecule is CCCCC/C=C\CCCCCC(O)CC(=O)NC(COP(=O)(O)OC1C(O)C(O)C(O)C(O)C1O)C(O)CCCCCCCCCCCCCCCCCCC. The van der Waals surface area contributed by atoms with Crippen molar-refractivity contribution in [3.63, 3.8) is 0 Å². The summed E-state index contributed by atoms with van der Waals surface area (Å²) in [4.78, 5) is 23.4. The van der Waals surface area contributed by atoms with Crippen molar-refractivity contribution in [3.8, 4) is 0 Å². The van der Waals surface area contributed by atoms with Crippen LogP contribution in [0.25, 0.3) is 0 Å². The number of phosphoric ester groups is 1. The molecule has 0 bridgehead atoms. The van der Waals surface area contributed by atoms with Crippen molar-refractivity contribution in [1.82, 2.24) is 5.32 Å². The molecular formula is C43H84NO12P. The second-order valence-electron chi connectivity index (χ2n) is 16.4. The zero-order valence-electron chi connectivity index (χ0n) is 35.5. The number of unbranched alkanes of at least 4 members (excludes halogenated alkanes) is 22. The van der Waals surface area contributed by atoms with Crippen LogP contribution in [0.2, 0.25) is 0 Å². The molecule has 13 nitrogen and oxygen atoms in total. The molecule has 1 fully saturated rings. The van der Waals surface area contributed by atoms with Crippen molar-refractivity contribution in [2.75, 3.05) is 6.61 Å². The van der Waals surface area contributed by atoms with Crippen LogP contribution in [0, 0.1) is 0 Å². The Hall–Kier alpha value is -0.960. The smallest absolute Gasteiger partial charge is 0.393 e. The summed E-state index contributed by atoms with van der Waals surface area (Å²) in [6.45, 7) is 3.74. The number of rotatable bonds is 37. The van der Waals surface area contributed by atoms with E-state index in [1.54, 1.807) is 0 Å². The quantitative estimate of drug-likeness (QED) is 0.0175. The van der Waals surface area contributed by atoms with E-state index in [-0.39, 0.29) is 12.8 Å². The van der Waals surface area contributed by atoms with Gasteiger partial charge in [-0.3, -0.25) is 13.8 Å². The number of carbonyl (C=O) groups is 1. The zero-order valence-corrected chi connectivity index (χ0v) is 36.4. The number of allylic oxidation sites excluding steroid dienone is 2. The molecule has 0 heterocycles. The van der Waals surface area contributed by atoms with E-state index in [0.29, 0.717) is 12.8 Å². The van der Waals surface area contributed by atoms with Crippen molar-refractivity contribution in [3.05, 3.63) is 12.2 Å². The maximum atomic E-state index is 13.0. The monoisotopic (exact) mass is 838 g/mol. The Morgan fingerprint density at radius 3 is 1.47 bits per heavy atom. The Morgan fingerprint density at radius 2 is 0.982 bits per heavy atom. The van der Waals surface area contributed by atoms with Crippen molar-refractivity contribution >= 4 is 13.7 Å². The Labute approximate surface area is 344 Å². The number of aliphatic hydroxyl groups excluding tert-OH is 7. The van der Waals surface area contributed by atoms with Crippen molar-refractivity contribution < 1.29 is 59.0 Å². The van der Waals surface area contributed by atoms with Gasteiger partial charge >= 0.3 is 7.82 Å². The fraction of sp³-hybridized carbons (Fsp3) is 0.930. The lowest BCUT2D eigenvalue weighted by molar-refractivity contribution is -0.220. The minimum absolute atomic E-state index is 0.231. The highest BCUT2D eigenvalue weighted by Gasteiger charge is 2.51. The molecule has 338 valence electrons. The molecule has 0 aromatic rings. The van der Waals surface area contributed by atoms with Gasteiger partial charge in [-0.15, -0.1) is 0 Å². The fourth-order valence-corrected chi connectivity index (χ4v) is 8.32. The molecule has 8 atom stereocenters. The van der Waals surface area contributed by atoms with Gasteiger partial charge in [-0.25, -0.2) is 4.57 Å². The first-order valence-electron chi connectivity index (χ1n) is 22.7. The molecule has 9 N–H and O–H groups in total. The summed E-state index contributed by atoms with van der Waals surface area (Å²) >= 11 is 0. The predicted molar refractivity (Wildman–Crippen MR) is 224 cm³/mol. The van der Waals surface area contributed by atoms with Crippen LogP contribution in [-0.2, 0) is 18.4 Å². The van der Waals surface area contributed by atoms with E-state index in [1.807, 2.05) is 0 Å². The molecule has 14 heteroatoms. The van der Waals surface area contributed by atoms with Crippen LogP contribution in [0.1, 0.15) is 194 Å². The van der Waals surface area contributed by atoms with E-state index in [0.717, 1.165) is 57.8 Å². The van der Waals surface area contributed by atoms with Crippen LogP contribution in [0.4, 0.5) is 0 Å². The van der Waals surface area contributed by atoms with Gasteiger partial charge in [0.1, 0.15) is 36.6 Å². The first-order chi connectivity index (χ1) is 27.3. The van der Waals surface area contributed by atoms with E-state index in [2.05, 4.69) is 31.3 Å². The lowest BCUT2D eigenvalue weighted by atomic mass is 9.85. The van der Waals surface area contributed by atoms with Crippen LogP contribution in [0.3, 0.4) is 0 Å². The van der Waals surface area contributed by atoms with Gasteiger partial charge in [-0.05, 0) is 38.5 Å². The largest absolute Gasteiger partial charge is 0.472 e. The Morgan fingerprint density at radius 1 is 0.596 bits per heavy atom. The molecule has 0 spiro atoms. The standard InChI is InChI=1S/C43H84NO12P/c1-3-5-7-9-11-13-15-16-17-18-19-20-21-23-25-27-29-31-36(46)35(33-55-57(53,54)56-43-41(51)39(49)38(48)40(50)42(43)52)44-37(47)32-34(45)30-28-26-24-22-14-12-10-8-6-4-2/h12,14,34-36,38-43,45-46,48-52H,3-11,13,15-33H2,1-2H3,(H,44,47)(H,53,54)/b14-12-. The Balaban J connectivity index is 2.54. The summed E-state index contributed by atoms with van der Waals surface area (Å²) in [6.07, 6.45) is 19.8. The molecule has 0 saturated heterocycles. The highest BCUT2D eigenvalue weighted by atomic mass is 31.2. The number of carbonyl (C=O) groups excluding carboxylic acids is 1. The van der Waals surface area contributed by atoms with Crippen LogP contribution >= 0.6 is 7.82 Å². The van der Waals surface area contributed by atoms with Gasteiger partial charge in [0, 0.05) is 0 Å². The molecule has 0 radical (unpaired) electrons. The highest BCUT2D eigenvalue weighted by molar-refractivity contribution is 7.47. The first-order valence-corrected chi connectivity index (χ1v) is 24.2. The summed E-state index contributed by atoms with van der Waals surface area (Å²) in [5.74, 6) is -0.570. The van der Waals surface area contributed by atoms with Gasteiger partial charge in [0.05, 0.1) is 31.3 Å². The molecule has 1 aliphatic rings. The molecular weight excluding hydrogens is 753 g/mol. The maximum Gasteiger partial charge on any atom is 0.472 e. The molecule has 1 saturated carbocycles. The van der Waals surface area contributed by atoms with E-state index >= 15 is 0 Å². The second kappa shape index (κ2) is 33.7. The number of aliphatic hydroxyl groups is 7. The highest BCUT2D eigenvalue weighted by Crippen LogP contribution is 2.47. The minimum atomic E-state index is -5.11. The molecule has 1 rings (SSSR count). The summed E-state index contributed by atoms with van der Waals surface area (Å²) < 4.78 is 22.9. The number of hydrogen-bond donors (Lipinski definition) is 9. The van der Waals surface area contributed by atoms with Gasteiger partial charge in [0.25, 0.3) is 0 Å². The Bertz CT molecular complexity index is 1040. The number of nitrogens with one attached hydrogen (secondary N) is 1. The van der Waals surface area contributed by atoms with Gasteiger partial charge in [0.15, 0.2) is 0 Å². The minimum Gasteiger partial charge on any atom is -0.393 e. The molecule has 0 aliphatic heterocycles. The predicted octanol–water partition coefficient (Wildman–Crippen LogP) is 7.03. The third-order valence-corrected chi connectivity index (χ3v) is 12.1. The van der Waals surface area contributed by atoms with Gasteiger partial charge in [0.2, 0.25) is 5.91 Å². The average molecular weight is 838 g/mol. The van der Waals surface area contributed by atoms with E-state index in [1.165, 1.54) is 96.3 Å².